The molecular weight excluding hydrogens is 466 g/mol. The number of hydrogen-bond acceptors (Lipinski definition) is 8. The van der Waals surface area contributed by atoms with Crippen LogP contribution >= 0.6 is 11.6 Å². The smallest absolute Gasteiger partial charge is 0.246 e. The normalized spacial score (nSPS) is 15.3. The van der Waals surface area contributed by atoms with Gasteiger partial charge in [-0.1, -0.05) is 24.2 Å². The summed E-state index contributed by atoms with van der Waals surface area (Å²) in [6, 6.07) is 10.6. The van der Waals surface area contributed by atoms with E-state index < -0.39 is 0 Å². The Morgan fingerprint density at radius 3 is 2.91 bits per heavy atom. The summed E-state index contributed by atoms with van der Waals surface area (Å²) in [6.07, 6.45) is 6.07. The number of piperidine rings is 1. The lowest BCUT2D eigenvalue weighted by atomic mass is 10.0. The highest BCUT2D eigenvalue weighted by molar-refractivity contribution is 6.32. The highest BCUT2D eigenvalue weighted by Crippen LogP contribution is 2.29. The third kappa shape index (κ3) is 5.75. The number of likely N-dealkylation sites (tertiary alicyclic amines) is 1. The van der Waals surface area contributed by atoms with Gasteiger partial charge in [-0.2, -0.15) is 0 Å². The maximum atomic E-state index is 12.0. The van der Waals surface area contributed by atoms with Crippen molar-refractivity contribution in [1.29, 1.82) is 5.41 Å². The summed E-state index contributed by atoms with van der Waals surface area (Å²) in [5, 5.41) is 12.5. The number of halogens is 1. The molecule has 4 rings (SSSR count). The van der Waals surface area contributed by atoms with Gasteiger partial charge in [0.15, 0.2) is 0 Å². The molecule has 1 unspecified atom stereocenters. The SMILES string of the molecule is C=CC(=O)N1CCCC(Nc2ncnc(N)c2C(=N)c2ccc(OCc3ccccn3)c(Cl)c2)C1. The predicted octanol–water partition coefficient (Wildman–Crippen LogP) is 3.69. The number of pyridine rings is 1. The number of anilines is 2. The number of aromatic nitrogens is 3. The van der Waals surface area contributed by atoms with Crippen molar-refractivity contribution in [2.75, 3.05) is 24.1 Å². The largest absolute Gasteiger partial charge is 0.486 e. The van der Waals surface area contributed by atoms with E-state index in [1.165, 1.54) is 12.4 Å². The lowest BCUT2D eigenvalue weighted by Gasteiger charge is -2.33. The van der Waals surface area contributed by atoms with E-state index in [2.05, 4.69) is 26.8 Å². The molecule has 1 aliphatic rings. The number of benzene rings is 1. The molecule has 0 spiro atoms. The van der Waals surface area contributed by atoms with E-state index in [0.717, 1.165) is 18.5 Å². The number of ether oxygens (including phenoxy) is 1. The zero-order valence-corrected chi connectivity index (χ0v) is 19.8. The van der Waals surface area contributed by atoms with Crippen LogP contribution in [-0.2, 0) is 11.4 Å². The number of nitrogens with one attached hydrogen (secondary N) is 2. The lowest BCUT2D eigenvalue weighted by Crippen LogP contribution is -2.44. The Morgan fingerprint density at radius 2 is 2.17 bits per heavy atom. The maximum absolute atomic E-state index is 12.0. The highest BCUT2D eigenvalue weighted by atomic mass is 35.5. The van der Waals surface area contributed by atoms with E-state index in [1.54, 1.807) is 29.3 Å². The first-order chi connectivity index (χ1) is 17.0. The van der Waals surface area contributed by atoms with Gasteiger partial charge >= 0.3 is 0 Å². The number of nitrogens with zero attached hydrogens (tertiary/aromatic N) is 4. The molecule has 3 aromatic rings. The molecule has 9 nitrogen and oxygen atoms in total. The summed E-state index contributed by atoms with van der Waals surface area (Å²) in [5.74, 6) is 0.992. The number of amides is 1. The topological polar surface area (TPSA) is 130 Å². The van der Waals surface area contributed by atoms with Gasteiger partial charge in [-0.3, -0.25) is 15.2 Å². The first kappa shape index (κ1) is 24.2. The van der Waals surface area contributed by atoms with Crippen LogP contribution in [-0.4, -0.2) is 50.6 Å². The Hall–Kier alpha value is -3.98. The van der Waals surface area contributed by atoms with Crippen LogP contribution in [0.3, 0.4) is 0 Å². The van der Waals surface area contributed by atoms with Gasteiger partial charge in [-0.25, -0.2) is 9.97 Å². The molecule has 1 aromatic carbocycles. The average molecular weight is 492 g/mol. The minimum absolute atomic E-state index is 0.0422. The molecule has 4 N–H and O–H groups in total. The summed E-state index contributed by atoms with van der Waals surface area (Å²) < 4.78 is 5.78. The number of rotatable bonds is 8. The first-order valence-corrected chi connectivity index (χ1v) is 11.5. The highest BCUT2D eigenvalue weighted by Gasteiger charge is 2.25. The van der Waals surface area contributed by atoms with Crippen LogP contribution in [0.1, 0.15) is 29.7 Å². The van der Waals surface area contributed by atoms with Crippen LogP contribution in [0.5, 0.6) is 5.75 Å². The van der Waals surface area contributed by atoms with Crippen molar-refractivity contribution in [3.05, 3.63) is 83.4 Å². The number of carbonyl (C=O) groups excluding carboxylic acids is 1. The minimum atomic E-state index is -0.105. The van der Waals surface area contributed by atoms with Crippen molar-refractivity contribution in [2.45, 2.75) is 25.5 Å². The van der Waals surface area contributed by atoms with Crippen molar-refractivity contribution >= 4 is 34.9 Å². The van der Waals surface area contributed by atoms with Gasteiger partial charge in [-0.05, 0) is 49.2 Å². The molecule has 3 heterocycles. The fraction of sp³-hybridized carbons (Fsp3) is 0.240. The first-order valence-electron chi connectivity index (χ1n) is 11.2. The van der Waals surface area contributed by atoms with E-state index in [1.807, 2.05) is 18.2 Å². The number of nitrogen functional groups attached to an aromatic ring is 1. The van der Waals surface area contributed by atoms with Crippen molar-refractivity contribution in [2.24, 2.45) is 0 Å². The van der Waals surface area contributed by atoms with Gasteiger partial charge in [-0.15, -0.1) is 0 Å². The van der Waals surface area contributed by atoms with Gasteiger partial charge in [0.25, 0.3) is 0 Å². The molecule has 1 fully saturated rings. The molecule has 1 saturated heterocycles. The van der Waals surface area contributed by atoms with Gasteiger partial charge in [0.1, 0.15) is 30.3 Å². The molecular formula is C25H26ClN7O2. The molecule has 35 heavy (non-hydrogen) atoms. The van der Waals surface area contributed by atoms with E-state index in [4.69, 9.17) is 27.5 Å². The van der Waals surface area contributed by atoms with Crippen LogP contribution < -0.4 is 15.8 Å². The zero-order chi connectivity index (χ0) is 24.8. The summed E-state index contributed by atoms with van der Waals surface area (Å²) >= 11 is 6.46. The lowest BCUT2D eigenvalue weighted by molar-refractivity contribution is -0.127. The molecule has 1 amide bonds. The number of hydrogen-bond donors (Lipinski definition) is 3. The Kier molecular flexibility index (Phi) is 7.57. The predicted molar refractivity (Wildman–Crippen MR) is 136 cm³/mol. The molecule has 10 heteroatoms. The fourth-order valence-electron chi connectivity index (χ4n) is 3.93. The molecule has 1 atom stereocenters. The van der Waals surface area contributed by atoms with E-state index in [-0.39, 0.29) is 30.1 Å². The van der Waals surface area contributed by atoms with Crippen LogP contribution in [0, 0.1) is 5.41 Å². The second-order valence-corrected chi connectivity index (χ2v) is 8.49. The third-order valence-electron chi connectivity index (χ3n) is 5.70. The third-order valence-corrected chi connectivity index (χ3v) is 5.99. The Labute approximate surface area is 208 Å². The second kappa shape index (κ2) is 11.0. The van der Waals surface area contributed by atoms with Crippen molar-refractivity contribution in [1.82, 2.24) is 19.9 Å². The van der Waals surface area contributed by atoms with Gasteiger partial charge in [0.2, 0.25) is 5.91 Å². The Bertz CT molecular complexity index is 1240. The molecule has 0 aliphatic carbocycles. The minimum Gasteiger partial charge on any atom is -0.486 e. The molecule has 0 radical (unpaired) electrons. The molecule has 2 aromatic heterocycles. The van der Waals surface area contributed by atoms with Crippen molar-refractivity contribution < 1.29 is 9.53 Å². The number of carbonyl (C=O) groups is 1. The zero-order valence-electron chi connectivity index (χ0n) is 19.1. The van der Waals surface area contributed by atoms with E-state index in [9.17, 15) is 4.79 Å². The summed E-state index contributed by atoms with van der Waals surface area (Å²) in [6.45, 7) is 5.04. The molecule has 1 aliphatic heterocycles. The quantitative estimate of drug-likeness (QED) is 0.323. The Balaban J connectivity index is 1.52. The fourth-order valence-corrected chi connectivity index (χ4v) is 4.16. The maximum Gasteiger partial charge on any atom is 0.246 e. The van der Waals surface area contributed by atoms with Crippen LogP contribution in [0.2, 0.25) is 5.02 Å². The van der Waals surface area contributed by atoms with Gasteiger partial charge < -0.3 is 20.7 Å². The Morgan fingerprint density at radius 1 is 1.31 bits per heavy atom. The summed E-state index contributed by atoms with van der Waals surface area (Å²) in [4.78, 5) is 26.4. The van der Waals surface area contributed by atoms with Gasteiger partial charge in [0.05, 0.1) is 22.0 Å². The van der Waals surface area contributed by atoms with Gasteiger partial charge in [0, 0.05) is 30.9 Å². The monoisotopic (exact) mass is 491 g/mol. The van der Waals surface area contributed by atoms with Crippen LogP contribution in [0.4, 0.5) is 11.6 Å². The van der Waals surface area contributed by atoms with Crippen molar-refractivity contribution in [3.63, 3.8) is 0 Å². The molecule has 0 bridgehead atoms. The molecule has 180 valence electrons. The van der Waals surface area contributed by atoms with Crippen LogP contribution in [0.15, 0.2) is 61.6 Å². The average Bonchev–Trinajstić information content (AvgIpc) is 2.88. The number of nitrogens with two attached hydrogens (primary N) is 1. The van der Waals surface area contributed by atoms with E-state index in [0.29, 0.717) is 40.8 Å². The van der Waals surface area contributed by atoms with Crippen molar-refractivity contribution in [3.8, 4) is 5.75 Å². The van der Waals surface area contributed by atoms with E-state index >= 15 is 0 Å². The molecule has 0 saturated carbocycles. The summed E-state index contributed by atoms with van der Waals surface area (Å²) in [7, 11) is 0. The van der Waals surface area contributed by atoms with Crippen LogP contribution in [0.25, 0.3) is 0 Å². The standard InChI is InChI=1S/C25H26ClN7O2/c1-2-21(34)33-11-5-7-17(13-33)32-25-22(24(28)30-15-31-25)23(27)16-8-9-20(19(26)12-16)35-14-18-6-3-4-10-29-18/h2-4,6,8-10,12,15,17,27H,1,5,7,11,13-14H2,(H3,28,30,31,32). The summed E-state index contributed by atoms with van der Waals surface area (Å²) in [5.41, 5.74) is 7.98. The second-order valence-electron chi connectivity index (χ2n) is 8.08.